The molecule has 1 rings (SSSR count). The third-order valence-corrected chi connectivity index (χ3v) is 6.11. The monoisotopic (exact) mass is 575 g/mol. The van der Waals surface area contributed by atoms with Gasteiger partial charge in [0.25, 0.3) is 0 Å². The van der Waals surface area contributed by atoms with Gasteiger partial charge in [-0.25, -0.2) is 0 Å². The van der Waals surface area contributed by atoms with E-state index >= 15 is 0 Å². The minimum atomic E-state index is -0.179. The number of carbonyl (C=O) groups excluding carboxylic acids is 3. The van der Waals surface area contributed by atoms with Gasteiger partial charge in [0.05, 0.1) is 31.5 Å². The van der Waals surface area contributed by atoms with Crippen molar-refractivity contribution in [2.75, 3.05) is 32.8 Å². The third-order valence-electron chi connectivity index (χ3n) is 5.07. The number of rotatable bonds is 19. The lowest BCUT2D eigenvalue weighted by molar-refractivity contribution is -0.125. The molecule has 0 aliphatic rings. The van der Waals surface area contributed by atoms with Gasteiger partial charge in [-0.1, -0.05) is 37.5 Å². The summed E-state index contributed by atoms with van der Waals surface area (Å²) in [5.74, 6) is 5.30. The number of hydrogen-bond acceptors (Lipinski definition) is 9. The quantitative estimate of drug-likeness (QED) is 0.0433. The molecular weight excluding hydrogens is 530 g/mol. The van der Waals surface area contributed by atoms with Crippen LogP contribution in [0.4, 0.5) is 0 Å². The number of nitriles is 1. The molecule has 0 heterocycles. The predicted octanol–water partition coefficient (Wildman–Crippen LogP) is 3.37. The Labute approximate surface area is 243 Å². The van der Waals surface area contributed by atoms with Crippen molar-refractivity contribution in [2.24, 2.45) is 15.9 Å². The second-order valence-corrected chi connectivity index (χ2v) is 10.1. The van der Waals surface area contributed by atoms with Crippen molar-refractivity contribution < 1.29 is 19.1 Å². The third kappa shape index (κ3) is 20.5. The summed E-state index contributed by atoms with van der Waals surface area (Å²) in [6.07, 6.45) is 6.35. The van der Waals surface area contributed by atoms with E-state index in [9.17, 15) is 14.4 Å². The molecule has 11 nitrogen and oxygen atoms in total. The fourth-order valence-corrected chi connectivity index (χ4v) is 3.72. The summed E-state index contributed by atoms with van der Waals surface area (Å²) in [4.78, 5) is 38.8. The summed E-state index contributed by atoms with van der Waals surface area (Å²) in [7, 11) is 0. The molecule has 12 heteroatoms. The molecule has 0 atom stereocenters. The van der Waals surface area contributed by atoms with Crippen molar-refractivity contribution in [3.8, 4) is 6.07 Å². The van der Waals surface area contributed by atoms with Gasteiger partial charge in [0.15, 0.2) is 0 Å². The number of ether oxygens (including phenoxy) is 1. The molecule has 3 amide bonds. The molecule has 40 heavy (non-hydrogen) atoms. The van der Waals surface area contributed by atoms with E-state index in [-0.39, 0.29) is 30.8 Å². The van der Waals surface area contributed by atoms with Gasteiger partial charge in [0.1, 0.15) is 6.54 Å². The number of aliphatic imine (C=N–C) groups is 1. The van der Waals surface area contributed by atoms with E-state index in [4.69, 9.17) is 15.8 Å². The number of hydrazone groups is 1. The number of hydrogen-bond donors (Lipinski definition) is 3. The Kier molecular flexibility index (Phi) is 22.5. The minimum absolute atomic E-state index is 0.0168. The zero-order valence-electron chi connectivity index (χ0n) is 24.2. The number of nitrogens with two attached hydrogens (primary N) is 1. The van der Waals surface area contributed by atoms with Gasteiger partial charge >= 0.3 is 0 Å². The zero-order valence-corrected chi connectivity index (χ0v) is 25.0. The van der Waals surface area contributed by atoms with E-state index in [1.165, 1.54) is 22.5 Å². The zero-order chi connectivity index (χ0) is 30.0. The molecule has 0 aliphatic carbocycles. The highest BCUT2D eigenvalue weighted by atomic mass is 32.2. The number of carbonyl (C=O) groups is 3. The topological polar surface area (TPSA) is 162 Å². The molecule has 1 aromatic rings. The number of aryl methyl sites for hydroxylation is 1. The van der Waals surface area contributed by atoms with Gasteiger partial charge < -0.3 is 21.2 Å². The normalized spacial score (nSPS) is 10.9. The Morgan fingerprint density at radius 1 is 1.18 bits per heavy atom. The average Bonchev–Trinajstić information content (AvgIpc) is 2.93. The smallest absolute Gasteiger partial charge is 0.234 e. The van der Waals surface area contributed by atoms with Crippen molar-refractivity contribution >= 4 is 42.1 Å². The van der Waals surface area contributed by atoms with Crippen LogP contribution in [0, 0.1) is 18.3 Å². The Bertz CT molecular complexity index is 947. The minimum Gasteiger partial charge on any atom is -0.378 e. The van der Waals surface area contributed by atoms with Gasteiger partial charge in [-0.2, -0.15) is 10.4 Å². The summed E-state index contributed by atoms with van der Waals surface area (Å²) >= 11 is 1.24. The van der Waals surface area contributed by atoms with Crippen molar-refractivity contribution in [1.29, 1.82) is 5.26 Å². The first-order chi connectivity index (χ1) is 19.3. The number of nitrogens with one attached hydrogen (secondary N) is 2. The molecule has 0 bridgehead atoms. The molecule has 0 saturated heterocycles. The highest BCUT2D eigenvalue weighted by Gasteiger charge is 2.15. The molecule has 222 valence electrons. The SMILES string of the molecule is CC(C)NC=O.CCCCCC(=O)NCCOCCN=C/C(CCC(=O)N(CC#N)Sc1ccc(C)cc1)=N\N. The maximum Gasteiger partial charge on any atom is 0.234 e. The molecule has 1 aromatic carbocycles. The molecule has 0 unspecified atom stereocenters. The van der Waals surface area contributed by atoms with Gasteiger partial charge in [0, 0.05) is 43.0 Å². The Morgan fingerprint density at radius 3 is 2.48 bits per heavy atom. The summed E-state index contributed by atoms with van der Waals surface area (Å²) < 4.78 is 6.89. The average molecular weight is 576 g/mol. The molecule has 0 fully saturated rings. The van der Waals surface area contributed by atoms with E-state index < -0.39 is 0 Å². The van der Waals surface area contributed by atoms with E-state index in [2.05, 4.69) is 27.7 Å². The Balaban J connectivity index is 0.00000227. The van der Waals surface area contributed by atoms with Crippen LogP contribution >= 0.6 is 11.9 Å². The van der Waals surface area contributed by atoms with Crippen LogP contribution in [0.3, 0.4) is 0 Å². The maximum atomic E-state index is 12.6. The van der Waals surface area contributed by atoms with Crippen LogP contribution in [-0.2, 0) is 19.1 Å². The lowest BCUT2D eigenvalue weighted by Crippen LogP contribution is -2.27. The van der Waals surface area contributed by atoms with Crippen molar-refractivity contribution in [2.45, 2.75) is 77.2 Å². The Morgan fingerprint density at radius 2 is 1.90 bits per heavy atom. The summed E-state index contributed by atoms with van der Waals surface area (Å²) in [5.41, 5.74) is 1.62. The largest absolute Gasteiger partial charge is 0.378 e. The van der Waals surface area contributed by atoms with Crippen LogP contribution in [0.25, 0.3) is 0 Å². The molecule has 0 spiro atoms. The van der Waals surface area contributed by atoms with Crippen LogP contribution in [0.5, 0.6) is 0 Å². The lowest BCUT2D eigenvalue weighted by atomic mass is 10.2. The second kappa shape index (κ2) is 24.6. The summed E-state index contributed by atoms with van der Waals surface area (Å²) in [5, 5.41) is 18.1. The van der Waals surface area contributed by atoms with Crippen LogP contribution < -0.4 is 16.5 Å². The maximum absolute atomic E-state index is 12.6. The molecular formula is C28H45N7O4S. The van der Waals surface area contributed by atoms with Gasteiger partial charge in [-0.05, 0) is 51.3 Å². The molecule has 0 saturated carbocycles. The summed E-state index contributed by atoms with van der Waals surface area (Å²) in [6.45, 7) is 9.63. The van der Waals surface area contributed by atoms with Crippen LogP contribution in [-0.4, -0.2) is 73.3 Å². The first kappa shape index (κ1) is 36.6. The number of benzene rings is 1. The van der Waals surface area contributed by atoms with Crippen LogP contribution in [0.2, 0.25) is 0 Å². The van der Waals surface area contributed by atoms with Gasteiger partial charge in [-0.15, -0.1) is 0 Å². The Hall–Kier alpha value is -3.43. The molecule has 4 N–H and O–H groups in total. The fourth-order valence-electron chi connectivity index (χ4n) is 2.90. The van der Waals surface area contributed by atoms with Crippen LogP contribution in [0.1, 0.15) is 64.9 Å². The van der Waals surface area contributed by atoms with E-state index in [1.54, 1.807) is 0 Å². The number of amides is 3. The van der Waals surface area contributed by atoms with Crippen molar-refractivity contribution in [1.82, 2.24) is 14.9 Å². The van der Waals surface area contributed by atoms with E-state index in [0.29, 0.717) is 51.3 Å². The summed E-state index contributed by atoms with van der Waals surface area (Å²) in [6, 6.07) is 10.1. The predicted molar refractivity (Wildman–Crippen MR) is 161 cm³/mol. The first-order valence-corrected chi connectivity index (χ1v) is 14.3. The van der Waals surface area contributed by atoms with Gasteiger partial charge in [0.2, 0.25) is 18.2 Å². The second-order valence-electron chi connectivity index (χ2n) is 9.01. The number of unbranched alkanes of at least 4 members (excludes halogenated alkanes) is 2. The lowest BCUT2D eigenvalue weighted by Gasteiger charge is -2.18. The van der Waals surface area contributed by atoms with Crippen molar-refractivity contribution in [3.05, 3.63) is 29.8 Å². The highest BCUT2D eigenvalue weighted by Crippen LogP contribution is 2.23. The standard InChI is InChI=1S/C24H36N6O3S.C4H9NO/c1-3-4-5-6-23(31)28-15-18-33-17-14-27-19-21(29-26)9-12-24(32)30(16-13-25)34-22-10-7-20(2)8-11-22;1-4(2)5-3-6/h7-8,10-11,19H,3-6,9,12,14-18,26H2,1-2H3,(H,28,31);3-4H,1-2H3,(H,5,6)/b27-19?,29-21-;. The molecule has 0 aliphatic heterocycles. The first-order valence-electron chi connectivity index (χ1n) is 13.5. The van der Waals surface area contributed by atoms with E-state index in [0.717, 1.165) is 29.7 Å². The van der Waals surface area contributed by atoms with Crippen molar-refractivity contribution in [3.63, 3.8) is 0 Å². The van der Waals surface area contributed by atoms with Gasteiger partial charge in [-0.3, -0.25) is 23.7 Å². The number of nitrogens with zero attached hydrogens (tertiary/aromatic N) is 4. The van der Waals surface area contributed by atoms with E-state index in [1.807, 2.05) is 51.1 Å². The molecule has 0 aromatic heterocycles. The van der Waals surface area contributed by atoms with Crippen LogP contribution in [0.15, 0.2) is 39.3 Å². The molecule has 0 radical (unpaired) electrons. The highest BCUT2D eigenvalue weighted by molar-refractivity contribution is 7.97. The fraction of sp³-hybridized carbons (Fsp3) is 0.571.